The lowest BCUT2D eigenvalue weighted by Gasteiger charge is -2.17. The highest BCUT2D eigenvalue weighted by Crippen LogP contribution is 2.08. The highest BCUT2D eigenvalue weighted by molar-refractivity contribution is 5.75. The molecule has 3 heteroatoms. The molecule has 1 aromatic rings. The molecule has 1 rings (SSSR count). The number of amides is 1. The van der Waals surface area contributed by atoms with Gasteiger partial charge in [0.15, 0.2) is 0 Å². The summed E-state index contributed by atoms with van der Waals surface area (Å²) in [5.41, 5.74) is 7.92. The van der Waals surface area contributed by atoms with Crippen molar-refractivity contribution in [1.82, 2.24) is 5.32 Å². The van der Waals surface area contributed by atoms with Crippen LogP contribution in [-0.2, 0) is 11.3 Å². The summed E-state index contributed by atoms with van der Waals surface area (Å²) in [7, 11) is 0. The Hall–Kier alpha value is -1.35. The molecule has 0 spiro atoms. The summed E-state index contributed by atoms with van der Waals surface area (Å²) < 4.78 is 0. The highest BCUT2D eigenvalue weighted by Gasteiger charge is 2.12. The van der Waals surface area contributed by atoms with Crippen LogP contribution in [0.15, 0.2) is 24.3 Å². The van der Waals surface area contributed by atoms with Crippen molar-refractivity contribution in [2.45, 2.75) is 45.7 Å². The van der Waals surface area contributed by atoms with E-state index in [-0.39, 0.29) is 11.4 Å². The van der Waals surface area contributed by atoms with E-state index < -0.39 is 0 Å². The molecule has 1 aromatic carbocycles. The zero-order valence-corrected chi connectivity index (χ0v) is 10.9. The van der Waals surface area contributed by atoms with Crippen LogP contribution in [0.2, 0.25) is 0 Å². The third kappa shape index (κ3) is 5.50. The van der Waals surface area contributed by atoms with Crippen LogP contribution in [0.1, 0.15) is 37.8 Å². The number of carbonyl (C=O) groups is 1. The van der Waals surface area contributed by atoms with Gasteiger partial charge >= 0.3 is 0 Å². The fourth-order valence-electron chi connectivity index (χ4n) is 1.53. The molecule has 94 valence electrons. The molecule has 0 unspecified atom stereocenters. The molecular weight excluding hydrogens is 212 g/mol. The minimum Gasteiger partial charge on any atom is -0.352 e. The second kappa shape index (κ2) is 5.82. The maximum absolute atomic E-state index is 11.6. The van der Waals surface area contributed by atoms with E-state index in [1.165, 1.54) is 5.56 Å². The van der Waals surface area contributed by atoms with Gasteiger partial charge in [-0.3, -0.25) is 4.79 Å². The van der Waals surface area contributed by atoms with Crippen LogP contribution >= 0.6 is 0 Å². The fraction of sp³-hybridized carbons (Fsp3) is 0.500. The van der Waals surface area contributed by atoms with Crippen molar-refractivity contribution in [2.24, 2.45) is 5.73 Å². The average molecular weight is 234 g/mol. The Morgan fingerprint density at radius 1 is 1.35 bits per heavy atom. The summed E-state index contributed by atoms with van der Waals surface area (Å²) in [6.45, 7) is 6.50. The summed E-state index contributed by atoms with van der Waals surface area (Å²) >= 11 is 0. The van der Waals surface area contributed by atoms with Gasteiger partial charge in [0.1, 0.15) is 0 Å². The Kier molecular flexibility index (Phi) is 4.70. The smallest absolute Gasteiger partial charge is 0.220 e. The number of carbonyl (C=O) groups excluding carboxylic acids is 1. The number of hydrogen-bond acceptors (Lipinski definition) is 2. The standard InChI is InChI=1S/C14H22N2O/c1-11-6-4-5-7-12(11)10-16-13(17)8-9-14(2,3)15/h4-7H,8-10,15H2,1-3H3,(H,16,17). The number of nitrogens with one attached hydrogen (secondary N) is 1. The summed E-state index contributed by atoms with van der Waals surface area (Å²) in [6, 6.07) is 8.06. The van der Waals surface area contributed by atoms with Gasteiger partial charge in [0.05, 0.1) is 0 Å². The van der Waals surface area contributed by atoms with Crippen molar-refractivity contribution in [2.75, 3.05) is 0 Å². The summed E-state index contributed by atoms with van der Waals surface area (Å²) in [5, 5.41) is 2.92. The minimum atomic E-state index is -0.278. The Bertz CT molecular complexity index is 380. The maximum Gasteiger partial charge on any atom is 0.220 e. The van der Waals surface area contributed by atoms with E-state index >= 15 is 0 Å². The number of benzene rings is 1. The first-order chi connectivity index (χ1) is 7.88. The topological polar surface area (TPSA) is 55.1 Å². The van der Waals surface area contributed by atoms with Gasteiger partial charge in [-0.2, -0.15) is 0 Å². The number of rotatable bonds is 5. The lowest BCUT2D eigenvalue weighted by atomic mass is 10.00. The van der Waals surface area contributed by atoms with E-state index in [0.717, 1.165) is 5.56 Å². The molecule has 0 aliphatic carbocycles. The third-order valence-electron chi connectivity index (χ3n) is 2.73. The lowest BCUT2D eigenvalue weighted by molar-refractivity contribution is -0.121. The summed E-state index contributed by atoms with van der Waals surface area (Å²) in [5.74, 6) is 0.0618. The van der Waals surface area contributed by atoms with Crippen LogP contribution in [-0.4, -0.2) is 11.4 Å². The zero-order chi connectivity index (χ0) is 12.9. The SMILES string of the molecule is Cc1ccccc1CNC(=O)CCC(C)(C)N. The van der Waals surface area contributed by atoms with Crippen LogP contribution < -0.4 is 11.1 Å². The van der Waals surface area contributed by atoms with Crippen molar-refractivity contribution in [3.8, 4) is 0 Å². The Morgan fingerprint density at radius 2 is 2.00 bits per heavy atom. The van der Waals surface area contributed by atoms with Gasteiger partial charge in [0, 0.05) is 18.5 Å². The number of nitrogens with two attached hydrogens (primary N) is 1. The monoisotopic (exact) mass is 234 g/mol. The minimum absolute atomic E-state index is 0.0618. The van der Waals surface area contributed by atoms with Gasteiger partial charge in [0.25, 0.3) is 0 Å². The van der Waals surface area contributed by atoms with Crippen molar-refractivity contribution >= 4 is 5.91 Å². The first kappa shape index (κ1) is 13.7. The van der Waals surface area contributed by atoms with Crippen LogP contribution in [0.5, 0.6) is 0 Å². The Morgan fingerprint density at radius 3 is 2.59 bits per heavy atom. The third-order valence-corrected chi connectivity index (χ3v) is 2.73. The molecule has 1 amide bonds. The Labute approximate surface area is 103 Å². The van der Waals surface area contributed by atoms with Crippen LogP contribution in [0.25, 0.3) is 0 Å². The van der Waals surface area contributed by atoms with Crippen molar-refractivity contribution < 1.29 is 4.79 Å². The van der Waals surface area contributed by atoms with Gasteiger partial charge in [0.2, 0.25) is 5.91 Å². The van der Waals surface area contributed by atoms with Crippen LogP contribution in [0.4, 0.5) is 0 Å². The van der Waals surface area contributed by atoms with Crippen LogP contribution in [0, 0.1) is 6.92 Å². The predicted octanol–water partition coefficient (Wildman–Crippen LogP) is 2.13. The molecular formula is C14H22N2O. The van der Waals surface area contributed by atoms with Crippen molar-refractivity contribution in [3.63, 3.8) is 0 Å². The second-order valence-corrected chi connectivity index (χ2v) is 5.19. The van der Waals surface area contributed by atoms with Gasteiger partial charge < -0.3 is 11.1 Å². The van der Waals surface area contributed by atoms with Crippen molar-refractivity contribution in [3.05, 3.63) is 35.4 Å². The molecule has 17 heavy (non-hydrogen) atoms. The molecule has 0 aliphatic heterocycles. The van der Waals surface area contributed by atoms with E-state index in [1.54, 1.807) is 0 Å². The maximum atomic E-state index is 11.6. The van der Waals surface area contributed by atoms with Gasteiger partial charge in [-0.1, -0.05) is 24.3 Å². The van der Waals surface area contributed by atoms with E-state index in [1.807, 2.05) is 45.0 Å². The molecule has 3 N–H and O–H groups in total. The zero-order valence-electron chi connectivity index (χ0n) is 10.9. The molecule has 0 atom stereocenters. The predicted molar refractivity (Wildman–Crippen MR) is 70.5 cm³/mol. The van der Waals surface area contributed by atoms with E-state index in [9.17, 15) is 4.79 Å². The Balaban J connectivity index is 2.36. The first-order valence-electron chi connectivity index (χ1n) is 5.98. The molecule has 0 aliphatic rings. The van der Waals surface area contributed by atoms with E-state index in [4.69, 9.17) is 5.73 Å². The molecule has 0 fully saturated rings. The molecule has 3 nitrogen and oxygen atoms in total. The average Bonchev–Trinajstić information content (AvgIpc) is 2.24. The van der Waals surface area contributed by atoms with Gasteiger partial charge in [-0.25, -0.2) is 0 Å². The molecule has 0 bridgehead atoms. The fourth-order valence-corrected chi connectivity index (χ4v) is 1.53. The molecule has 0 radical (unpaired) electrons. The lowest BCUT2D eigenvalue weighted by Crippen LogP contribution is -2.34. The number of hydrogen-bond donors (Lipinski definition) is 2. The summed E-state index contributed by atoms with van der Waals surface area (Å²) in [6.07, 6.45) is 1.18. The molecule has 0 saturated heterocycles. The number of aryl methyl sites for hydroxylation is 1. The van der Waals surface area contributed by atoms with Gasteiger partial charge in [-0.15, -0.1) is 0 Å². The quantitative estimate of drug-likeness (QED) is 0.820. The largest absolute Gasteiger partial charge is 0.352 e. The molecule has 0 heterocycles. The second-order valence-electron chi connectivity index (χ2n) is 5.19. The first-order valence-corrected chi connectivity index (χ1v) is 5.98. The molecule has 0 aromatic heterocycles. The van der Waals surface area contributed by atoms with E-state index in [0.29, 0.717) is 19.4 Å². The van der Waals surface area contributed by atoms with Crippen LogP contribution in [0.3, 0.4) is 0 Å². The summed E-state index contributed by atoms with van der Waals surface area (Å²) in [4.78, 5) is 11.6. The van der Waals surface area contributed by atoms with E-state index in [2.05, 4.69) is 5.32 Å². The van der Waals surface area contributed by atoms with Crippen molar-refractivity contribution in [1.29, 1.82) is 0 Å². The highest BCUT2D eigenvalue weighted by atomic mass is 16.1. The molecule has 0 saturated carbocycles. The van der Waals surface area contributed by atoms with Gasteiger partial charge in [-0.05, 0) is 38.3 Å². The normalized spacial score (nSPS) is 11.3.